The van der Waals surface area contributed by atoms with Gasteiger partial charge in [0, 0.05) is 11.7 Å². The summed E-state index contributed by atoms with van der Waals surface area (Å²) in [6.07, 6.45) is 0. The largest absolute Gasteiger partial charge is 0.361 e. The average molecular weight is 231 g/mol. The van der Waals surface area contributed by atoms with E-state index in [4.69, 9.17) is 0 Å². The molecule has 90 valence electrons. The zero-order valence-corrected chi connectivity index (χ0v) is 10.4. The molecule has 0 saturated heterocycles. The molecule has 0 saturated carbocycles. The molecule has 1 aromatic carbocycles. The first kappa shape index (κ1) is 11.6. The molecule has 0 bridgehead atoms. The molecule has 0 spiro atoms. The van der Waals surface area contributed by atoms with Crippen molar-refractivity contribution in [2.75, 3.05) is 11.9 Å². The van der Waals surface area contributed by atoms with Gasteiger partial charge in [-0.25, -0.2) is 0 Å². The van der Waals surface area contributed by atoms with E-state index in [0.29, 0.717) is 12.4 Å². The fourth-order valence-corrected chi connectivity index (χ4v) is 1.87. The highest BCUT2D eigenvalue weighted by Gasteiger charge is 2.20. The van der Waals surface area contributed by atoms with E-state index < -0.39 is 0 Å². The SMILES string of the molecule is Cc1cccc(C)c1NC(=O)C1=NCC(C)N1. The molecule has 1 aromatic rings. The zero-order chi connectivity index (χ0) is 12.4. The second-order valence-electron chi connectivity index (χ2n) is 4.46. The molecule has 1 unspecified atom stereocenters. The van der Waals surface area contributed by atoms with Gasteiger partial charge in [0.05, 0.1) is 6.54 Å². The van der Waals surface area contributed by atoms with Crippen LogP contribution >= 0.6 is 0 Å². The van der Waals surface area contributed by atoms with Gasteiger partial charge in [-0.2, -0.15) is 0 Å². The maximum Gasteiger partial charge on any atom is 0.290 e. The first-order chi connectivity index (χ1) is 8.08. The van der Waals surface area contributed by atoms with Gasteiger partial charge in [0.2, 0.25) is 0 Å². The van der Waals surface area contributed by atoms with Gasteiger partial charge in [-0.1, -0.05) is 18.2 Å². The van der Waals surface area contributed by atoms with Gasteiger partial charge in [0.1, 0.15) is 0 Å². The fourth-order valence-electron chi connectivity index (χ4n) is 1.87. The number of hydrogen-bond donors (Lipinski definition) is 2. The number of carbonyl (C=O) groups is 1. The highest BCUT2D eigenvalue weighted by molar-refractivity contribution is 6.42. The molecule has 0 radical (unpaired) electrons. The second-order valence-corrected chi connectivity index (χ2v) is 4.46. The van der Waals surface area contributed by atoms with E-state index in [-0.39, 0.29) is 11.9 Å². The van der Waals surface area contributed by atoms with E-state index in [0.717, 1.165) is 16.8 Å². The number of amides is 1. The summed E-state index contributed by atoms with van der Waals surface area (Å²) in [7, 11) is 0. The van der Waals surface area contributed by atoms with Gasteiger partial charge in [0.25, 0.3) is 5.91 Å². The molecule has 1 atom stereocenters. The van der Waals surface area contributed by atoms with Gasteiger partial charge in [0.15, 0.2) is 5.84 Å². The van der Waals surface area contributed by atoms with Crippen LogP contribution in [0.15, 0.2) is 23.2 Å². The van der Waals surface area contributed by atoms with E-state index in [9.17, 15) is 4.79 Å². The Labute approximate surface area is 101 Å². The van der Waals surface area contributed by atoms with Crippen LogP contribution in [-0.2, 0) is 4.79 Å². The summed E-state index contributed by atoms with van der Waals surface area (Å²) in [4.78, 5) is 16.1. The van der Waals surface area contributed by atoms with Crippen LogP contribution in [0.5, 0.6) is 0 Å². The third kappa shape index (κ3) is 2.46. The number of amidine groups is 1. The molecule has 1 heterocycles. The third-order valence-corrected chi connectivity index (χ3v) is 2.84. The predicted molar refractivity (Wildman–Crippen MR) is 69.4 cm³/mol. The number of rotatable bonds is 2. The summed E-state index contributed by atoms with van der Waals surface area (Å²) in [5, 5.41) is 5.96. The van der Waals surface area contributed by atoms with Crippen molar-refractivity contribution in [2.24, 2.45) is 4.99 Å². The fraction of sp³-hybridized carbons (Fsp3) is 0.385. The molecule has 0 fully saturated rings. The summed E-state index contributed by atoms with van der Waals surface area (Å²) in [5.41, 5.74) is 3.00. The first-order valence-electron chi connectivity index (χ1n) is 5.76. The van der Waals surface area contributed by atoms with Crippen molar-refractivity contribution in [3.8, 4) is 0 Å². The minimum atomic E-state index is -0.160. The van der Waals surface area contributed by atoms with Crippen LogP contribution in [0.2, 0.25) is 0 Å². The molecular formula is C13H17N3O. The molecule has 2 N–H and O–H groups in total. The highest BCUT2D eigenvalue weighted by Crippen LogP contribution is 2.19. The number of benzene rings is 1. The van der Waals surface area contributed by atoms with Crippen molar-refractivity contribution in [3.05, 3.63) is 29.3 Å². The number of nitrogens with zero attached hydrogens (tertiary/aromatic N) is 1. The third-order valence-electron chi connectivity index (χ3n) is 2.84. The Morgan fingerprint density at radius 2 is 2.06 bits per heavy atom. The van der Waals surface area contributed by atoms with E-state index >= 15 is 0 Å². The molecule has 1 aliphatic heterocycles. The summed E-state index contributed by atoms with van der Waals surface area (Å²) in [5.74, 6) is 0.270. The lowest BCUT2D eigenvalue weighted by Gasteiger charge is -2.12. The van der Waals surface area contributed by atoms with Gasteiger partial charge in [-0.3, -0.25) is 9.79 Å². The minimum absolute atomic E-state index is 0.160. The Kier molecular flexibility index (Phi) is 3.13. The number of anilines is 1. The maximum atomic E-state index is 12.0. The summed E-state index contributed by atoms with van der Waals surface area (Å²) >= 11 is 0. The number of para-hydroxylation sites is 1. The van der Waals surface area contributed by atoms with Crippen molar-refractivity contribution in [1.29, 1.82) is 0 Å². The maximum absolute atomic E-state index is 12.0. The lowest BCUT2D eigenvalue weighted by Crippen LogP contribution is -2.36. The van der Waals surface area contributed by atoms with Crippen molar-refractivity contribution >= 4 is 17.4 Å². The van der Waals surface area contributed by atoms with E-state index in [2.05, 4.69) is 15.6 Å². The quantitative estimate of drug-likeness (QED) is 0.813. The number of aliphatic imine (C=N–C) groups is 1. The van der Waals surface area contributed by atoms with Crippen LogP contribution in [-0.4, -0.2) is 24.3 Å². The van der Waals surface area contributed by atoms with Crippen LogP contribution in [0.25, 0.3) is 0 Å². The van der Waals surface area contributed by atoms with Crippen LogP contribution in [0.1, 0.15) is 18.1 Å². The zero-order valence-electron chi connectivity index (χ0n) is 10.4. The molecule has 2 rings (SSSR count). The van der Waals surface area contributed by atoms with E-state index in [1.54, 1.807) is 0 Å². The van der Waals surface area contributed by atoms with E-state index in [1.165, 1.54) is 0 Å². The number of hydrogen-bond acceptors (Lipinski definition) is 3. The van der Waals surface area contributed by atoms with Gasteiger partial charge in [-0.15, -0.1) is 0 Å². The highest BCUT2D eigenvalue weighted by atomic mass is 16.2. The minimum Gasteiger partial charge on any atom is -0.361 e. The predicted octanol–water partition coefficient (Wildman–Crippen LogP) is 1.63. The smallest absolute Gasteiger partial charge is 0.290 e. The van der Waals surface area contributed by atoms with Crippen molar-refractivity contribution in [1.82, 2.24) is 5.32 Å². The van der Waals surface area contributed by atoms with E-state index in [1.807, 2.05) is 39.0 Å². The Morgan fingerprint density at radius 1 is 1.41 bits per heavy atom. The van der Waals surface area contributed by atoms with Crippen LogP contribution < -0.4 is 10.6 Å². The molecule has 1 amide bonds. The Hall–Kier alpha value is -1.84. The molecule has 17 heavy (non-hydrogen) atoms. The lowest BCUT2D eigenvalue weighted by molar-refractivity contribution is -0.110. The van der Waals surface area contributed by atoms with Crippen LogP contribution in [0.3, 0.4) is 0 Å². The molecule has 1 aliphatic rings. The first-order valence-corrected chi connectivity index (χ1v) is 5.76. The summed E-state index contributed by atoms with van der Waals surface area (Å²) in [6.45, 7) is 6.63. The number of nitrogens with one attached hydrogen (secondary N) is 2. The average Bonchev–Trinajstić information content (AvgIpc) is 2.70. The number of aryl methyl sites for hydroxylation is 2. The monoisotopic (exact) mass is 231 g/mol. The standard InChI is InChI=1S/C13H17N3O/c1-8-5-4-6-9(2)11(8)16-13(17)12-14-7-10(3)15-12/h4-6,10H,7H2,1-3H3,(H,14,15)(H,16,17). The molecule has 0 aromatic heterocycles. The van der Waals surface area contributed by atoms with Gasteiger partial charge >= 0.3 is 0 Å². The Balaban J connectivity index is 2.14. The Bertz CT molecular complexity index is 459. The Morgan fingerprint density at radius 3 is 2.59 bits per heavy atom. The van der Waals surface area contributed by atoms with Crippen molar-refractivity contribution in [3.63, 3.8) is 0 Å². The summed E-state index contributed by atoms with van der Waals surface area (Å²) in [6, 6.07) is 6.19. The van der Waals surface area contributed by atoms with Crippen molar-refractivity contribution < 1.29 is 4.79 Å². The van der Waals surface area contributed by atoms with Crippen LogP contribution in [0, 0.1) is 13.8 Å². The van der Waals surface area contributed by atoms with Gasteiger partial charge < -0.3 is 10.6 Å². The molecular weight excluding hydrogens is 214 g/mol. The number of carbonyl (C=O) groups excluding carboxylic acids is 1. The van der Waals surface area contributed by atoms with Gasteiger partial charge in [-0.05, 0) is 31.9 Å². The lowest BCUT2D eigenvalue weighted by atomic mass is 10.1. The molecule has 4 heteroatoms. The molecule has 0 aliphatic carbocycles. The van der Waals surface area contributed by atoms with Crippen molar-refractivity contribution in [2.45, 2.75) is 26.8 Å². The normalized spacial score (nSPS) is 18.5. The van der Waals surface area contributed by atoms with Crippen LogP contribution in [0.4, 0.5) is 5.69 Å². The summed E-state index contributed by atoms with van der Waals surface area (Å²) < 4.78 is 0. The second kappa shape index (κ2) is 4.57. The topological polar surface area (TPSA) is 53.5 Å². The molecule has 4 nitrogen and oxygen atoms in total.